The summed E-state index contributed by atoms with van der Waals surface area (Å²) in [7, 11) is -3.43. The number of ether oxygens (including phenoxy) is 1. The highest BCUT2D eigenvalue weighted by atomic mass is 32.2. The molecule has 1 aliphatic heterocycles. The zero-order valence-electron chi connectivity index (χ0n) is 11.7. The zero-order valence-corrected chi connectivity index (χ0v) is 12.5. The van der Waals surface area contributed by atoms with Crippen LogP contribution in [0.2, 0.25) is 0 Å². The first-order chi connectivity index (χ1) is 10.4. The third-order valence-corrected chi connectivity index (χ3v) is 5.07. The van der Waals surface area contributed by atoms with Crippen LogP contribution in [0.4, 0.5) is 15.8 Å². The first kappa shape index (κ1) is 16.6. The van der Waals surface area contributed by atoms with Gasteiger partial charge in [0.2, 0.25) is 10.0 Å². The van der Waals surface area contributed by atoms with E-state index in [4.69, 9.17) is 4.74 Å². The Kier molecular flexibility index (Phi) is 5.27. The van der Waals surface area contributed by atoms with Crippen molar-refractivity contribution in [3.63, 3.8) is 0 Å². The van der Waals surface area contributed by atoms with Gasteiger partial charge in [0.1, 0.15) is 0 Å². The molecule has 0 aliphatic carbocycles. The molecule has 0 bridgehead atoms. The summed E-state index contributed by atoms with van der Waals surface area (Å²) < 4.78 is 44.2. The number of nitrogens with zero attached hydrogens (tertiary/aromatic N) is 2. The molecular formula is C12H16FN3O5S. The molecule has 1 N–H and O–H groups in total. The number of sulfonamides is 1. The number of halogens is 1. The van der Waals surface area contributed by atoms with Crippen LogP contribution in [-0.4, -0.2) is 56.2 Å². The lowest BCUT2D eigenvalue weighted by molar-refractivity contribution is -0.385. The third-order valence-electron chi connectivity index (χ3n) is 3.20. The molecule has 0 saturated carbocycles. The molecule has 1 fully saturated rings. The van der Waals surface area contributed by atoms with Crippen LogP contribution in [0.15, 0.2) is 18.2 Å². The summed E-state index contributed by atoms with van der Waals surface area (Å²) in [6.45, 7) is 1.37. The minimum Gasteiger partial charge on any atom is -0.382 e. The standard InChI is InChI=1S/C12H16FN3O5S/c13-11-9-10(16(17)18)1-2-12(11)14-3-8-22(19,20)15-4-6-21-7-5-15/h1-2,9,14H,3-8H2. The van der Waals surface area contributed by atoms with Crippen LogP contribution in [0, 0.1) is 15.9 Å². The van der Waals surface area contributed by atoms with Gasteiger partial charge in [-0.1, -0.05) is 0 Å². The zero-order chi connectivity index (χ0) is 16.2. The molecule has 2 rings (SSSR count). The molecular weight excluding hydrogens is 317 g/mol. The molecule has 1 heterocycles. The van der Waals surface area contributed by atoms with E-state index in [2.05, 4.69) is 5.32 Å². The van der Waals surface area contributed by atoms with Gasteiger partial charge in [0.15, 0.2) is 5.82 Å². The number of morpholine rings is 1. The van der Waals surface area contributed by atoms with E-state index in [1.165, 1.54) is 10.4 Å². The molecule has 0 atom stereocenters. The fraction of sp³-hybridized carbons (Fsp3) is 0.500. The maximum absolute atomic E-state index is 13.6. The number of hydrogen-bond acceptors (Lipinski definition) is 6. The van der Waals surface area contributed by atoms with Crippen LogP contribution in [0.25, 0.3) is 0 Å². The monoisotopic (exact) mass is 333 g/mol. The number of non-ortho nitro benzene ring substituents is 1. The fourth-order valence-electron chi connectivity index (χ4n) is 2.03. The van der Waals surface area contributed by atoms with E-state index >= 15 is 0 Å². The molecule has 10 heteroatoms. The smallest absolute Gasteiger partial charge is 0.272 e. The highest BCUT2D eigenvalue weighted by Gasteiger charge is 2.23. The molecule has 0 aromatic heterocycles. The lowest BCUT2D eigenvalue weighted by Crippen LogP contribution is -2.42. The van der Waals surface area contributed by atoms with Crippen molar-refractivity contribution >= 4 is 21.4 Å². The van der Waals surface area contributed by atoms with E-state index in [0.717, 1.165) is 12.1 Å². The van der Waals surface area contributed by atoms with E-state index in [-0.39, 0.29) is 23.7 Å². The van der Waals surface area contributed by atoms with Gasteiger partial charge >= 0.3 is 0 Å². The summed E-state index contributed by atoms with van der Waals surface area (Å²) in [5.41, 5.74) is -0.327. The number of nitro groups is 1. The molecule has 122 valence electrons. The van der Waals surface area contributed by atoms with Crippen LogP contribution in [0.5, 0.6) is 0 Å². The molecule has 0 amide bonds. The van der Waals surface area contributed by atoms with Crippen molar-refractivity contribution in [3.05, 3.63) is 34.1 Å². The topological polar surface area (TPSA) is 102 Å². The van der Waals surface area contributed by atoms with Crippen molar-refractivity contribution in [3.8, 4) is 0 Å². The summed E-state index contributed by atoms with van der Waals surface area (Å²) in [4.78, 5) is 9.81. The number of nitrogens with one attached hydrogen (secondary N) is 1. The number of rotatable bonds is 6. The Labute approximate surface area is 127 Å². The second-order valence-corrected chi connectivity index (χ2v) is 6.76. The predicted molar refractivity (Wildman–Crippen MR) is 77.7 cm³/mol. The second-order valence-electron chi connectivity index (χ2n) is 4.68. The Morgan fingerprint density at radius 1 is 1.36 bits per heavy atom. The van der Waals surface area contributed by atoms with Crippen LogP contribution in [0.1, 0.15) is 0 Å². The highest BCUT2D eigenvalue weighted by molar-refractivity contribution is 7.89. The number of nitro benzene ring substituents is 1. The Bertz CT molecular complexity index is 646. The first-order valence-electron chi connectivity index (χ1n) is 6.63. The third kappa shape index (κ3) is 4.12. The van der Waals surface area contributed by atoms with Crippen LogP contribution < -0.4 is 5.32 Å². The van der Waals surface area contributed by atoms with E-state index in [0.29, 0.717) is 26.3 Å². The van der Waals surface area contributed by atoms with Gasteiger partial charge in [0, 0.05) is 25.7 Å². The lowest BCUT2D eigenvalue weighted by atomic mass is 10.2. The predicted octanol–water partition coefficient (Wildman–Crippen LogP) is 0.808. The average Bonchev–Trinajstić information content (AvgIpc) is 2.49. The molecule has 22 heavy (non-hydrogen) atoms. The maximum atomic E-state index is 13.6. The van der Waals surface area contributed by atoms with E-state index in [1.54, 1.807) is 0 Å². The van der Waals surface area contributed by atoms with Crippen molar-refractivity contribution in [1.29, 1.82) is 0 Å². The lowest BCUT2D eigenvalue weighted by Gasteiger charge is -2.26. The minimum atomic E-state index is -3.43. The fourth-order valence-corrected chi connectivity index (χ4v) is 3.35. The summed E-state index contributed by atoms with van der Waals surface area (Å²) >= 11 is 0. The van der Waals surface area contributed by atoms with Crippen LogP contribution in [-0.2, 0) is 14.8 Å². The van der Waals surface area contributed by atoms with Gasteiger partial charge < -0.3 is 10.1 Å². The minimum absolute atomic E-state index is 0.00835. The molecule has 1 aromatic rings. The van der Waals surface area contributed by atoms with Crippen molar-refractivity contribution in [2.24, 2.45) is 0 Å². The molecule has 0 radical (unpaired) electrons. The first-order valence-corrected chi connectivity index (χ1v) is 8.24. The molecule has 1 saturated heterocycles. The average molecular weight is 333 g/mol. The van der Waals surface area contributed by atoms with Gasteiger partial charge in [-0.3, -0.25) is 10.1 Å². The largest absolute Gasteiger partial charge is 0.382 e. The number of anilines is 1. The van der Waals surface area contributed by atoms with E-state index in [9.17, 15) is 22.9 Å². The molecule has 1 aromatic carbocycles. The van der Waals surface area contributed by atoms with Gasteiger partial charge in [0.05, 0.1) is 35.6 Å². The van der Waals surface area contributed by atoms with Crippen molar-refractivity contribution in [1.82, 2.24) is 4.31 Å². The van der Waals surface area contributed by atoms with Gasteiger partial charge in [0.25, 0.3) is 5.69 Å². The Balaban J connectivity index is 1.91. The molecule has 1 aliphatic rings. The number of hydrogen-bond donors (Lipinski definition) is 1. The Morgan fingerprint density at radius 2 is 2.05 bits per heavy atom. The van der Waals surface area contributed by atoms with E-state index in [1.807, 2.05) is 0 Å². The Morgan fingerprint density at radius 3 is 2.64 bits per heavy atom. The van der Waals surface area contributed by atoms with Gasteiger partial charge in [-0.25, -0.2) is 12.8 Å². The summed E-state index contributed by atoms with van der Waals surface area (Å²) in [5.74, 6) is -0.985. The van der Waals surface area contributed by atoms with Gasteiger partial charge in [-0.2, -0.15) is 4.31 Å². The van der Waals surface area contributed by atoms with E-state index < -0.39 is 20.8 Å². The SMILES string of the molecule is O=[N+]([O-])c1ccc(NCCS(=O)(=O)N2CCOCC2)c(F)c1. The van der Waals surface area contributed by atoms with Crippen molar-refractivity contribution in [2.75, 3.05) is 43.9 Å². The summed E-state index contributed by atoms with van der Waals surface area (Å²) in [6.07, 6.45) is 0. The highest BCUT2D eigenvalue weighted by Crippen LogP contribution is 2.20. The maximum Gasteiger partial charge on any atom is 0.272 e. The summed E-state index contributed by atoms with van der Waals surface area (Å²) in [5, 5.41) is 13.1. The van der Waals surface area contributed by atoms with Gasteiger partial charge in [-0.15, -0.1) is 0 Å². The number of benzene rings is 1. The molecule has 0 spiro atoms. The quantitative estimate of drug-likeness (QED) is 0.610. The van der Waals surface area contributed by atoms with Crippen LogP contribution in [0.3, 0.4) is 0 Å². The van der Waals surface area contributed by atoms with Crippen molar-refractivity contribution in [2.45, 2.75) is 0 Å². The second kappa shape index (κ2) is 6.99. The van der Waals surface area contributed by atoms with Crippen molar-refractivity contribution < 1.29 is 22.5 Å². The Hall–Kier alpha value is -1.78. The molecule has 0 unspecified atom stereocenters. The normalized spacial score (nSPS) is 16.4. The van der Waals surface area contributed by atoms with Crippen LogP contribution >= 0.6 is 0 Å². The van der Waals surface area contributed by atoms with Gasteiger partial charge in [-0.05, 0) is 6.07 Å². The summed E-state index contributed by atoms with van der Waals surface area (Å²) in [6, 6.07) is 3.16. The molecule has 8 nitrogen and oxygen atoms in total.